The van der Waals surface area contributed by atoms with Crippen LogP contribution in [0.3, 0.4) is 0 Å². The van der Waals surface area contributed by atoms with Crippen molar-refractivity contribution in [3.63, 3.8) is 0 Å². The number of imidazole rings is 1. The van der Waals surface area contributed by atoms with Gasteiger partial charge < -0.3 is 14.6 Å². The molecular formula is C11H13N7O3. The van der Waals surface area contributed by atoms with E-state index in [0.717, 1.165) is 0 Å². The van der Waals surface area contributed by atoms with Crippen LogP contribution in [-0.2, 0) is 4.74 Å². The van der Waals surface area contributed by atoms with E-state index in [4.69, 9.17) is 15.0 Å². The third kappa shape index (κ3) is 2.25. The van der Waals surface area contributed by atoms with Gasteiger partial charge in [-0.05, 0) is 5.53 Å². The average Bonchev–Trinajstić information content (AvgIpc) is 3.10. The number of nitrogens with zero attached hydrogens (tertiary/aromatic N) is 7. The largest absolute Gasteiger partial charge is 0.479 e. The molecule has 3 atom stereocenters. The zero-order valence-corrected chi connectivity index (χ0v) is 11.2. The van der Waals surface area contributed by atoms with Crippen LogP contribution in [0.4, 0.5) is 0 Å². The van der Waals surface area contributed by atoms with E-state index in [2.05, 4.69) is 25.0 Å². The molecule has 0 aromatic carbocycles. The standard InChI is InChI=1S/C11H13N7O3/c1-20-11-9-10(13-4-14-11)18(5-15-9)8-2-6(16-17-12)7(3-19)21-8/h4-8,19H,2-3H2,1H3/t6?,7-,8-/m0/s1. The summed E-state index contributed by atoms with van der Waals surface area (Å²) in [5, 5.41) is 12.9. The Labute approximate surface area is 119 Å². The number of aliphatic hydroxyl groups is 1. The highest BCUT2D eigenvalue weighted by atomic mass is 16.5. The molecule has 0 spiro atoms. The fourth-order valence-electron chi connectivity index (χ4n) is 2.43. The van der Waals surface area contributed by atoms with Gasteiger partial charge >= 0.3 is 0 Å². The number of aromatic nitrogens is 4. The lowest BCUT2D eigenvalue weighted by Crippen LogP contribution is -2.22. The van der Waals surface area contributed by atoms with Gasteiger partial charge in [-0.25, -0.2) is 9.97 Å². The van der Waals surface area contributed by atoms with E-state index >= 15 is 0 Å². The summed E-state index contributed by atoms with van der Waals surface area (Å²) in [7, 11) is 1.51. The van der Waals surface area contributed by atoms with Gasteiger partial charge in [0.05, 0.1) is 32.2 Å². The van der Waals surface area contributed by atoms with Crippen LogP contribution in [-0.4, -0.2) is 50.5 Å². The molecule has 0 amide bonds. The van der Waals surface area contributed by atoms with Crippen molar-refractivity contribution >= 4 is 11.2 Å². The lowest BCUT2D eigenvalue weighted by molar-refractivity contribution is -0.0233. The highest BCUT2D eigenvalue weighted by Gasteiger charge is 2.36. The second-order valence-corrected chi connectivity index (χ2v) is 4.53. The summed E-state index contributed by atoms with van der Waals surface area (Å²) in [5.41, 5.74) is 9.65. The van der Waals surface area contributed by atoms with E-state index in [9.17, 15) is 5.11 Å². The molecule has 3 rings (SSSR count). The fraction of sp³-hybridized carbons (Fsp3) is 0.545. The molecule has 3 heterocycles. The topological polar surface area (TPSA) is 131 Å². The first-order chi connectivity index (χ1) is 10.3. The number of fused-ring (bicyclic) bond motifs is 1. The average molecular weight is 291 g/mol. The van der Waals surface area contributed by atoms with Crippen molar-refractivity contribution in [1.29, 1.82) is 0 Å². The zero-order valence-electron chi connectivity index (χ0n) is 11.2. The summed E-state index contributed by atoms with van der Waals surface area (Å²) >= 11 is 0. The number of ether oxygens (including phenoxy) is 2. The van der Waals surface area contributed by atoms with E-state index in [0.29, 0.717) is 23.5 Å². The summed E-state index contributed by atoms with van der Waals surface area (Å²) in [4.78, 5) is 15.2. The number of aliphatic hydroxyl groups excluding tert-OH is 1. The maximum absolute atomic E-state index is 9.30. The van der Waals surface area contributed by atoms with E-state index in [-0.39, 0.29) is 6.61 Å². The molecule has 1 saturated heterocycles. The quantitative estimate of drug-likeness (QED) is 0.503. The zero-order chi connectivity index (χ0) is 14.8. The van der Waals surface area contributed by atoms with E-state index in [1.807, 2.05) is 0 Å². The summed E-state index contributed by atoms with van der Waals surface area (Å²) < 4.78 is 12.6. The molecule has 10 heteroatoms. The second-order valence-electron chi connectivity index (χ2n) is 4.53. The van der Waals surface area contributed by atoms with Gasteiger partial charge in [0.2, 0.25) is 5.88 Å². The van der Waals surface area contributed by atoms with E-state index in [1.54, 1.807) is 10.9 Å². The molecule has 1 unspecified atom stereocenters. The molecule has 2 aromatic rings. The lowest BCUT2D eigenvalue weighted by atomic mass is 10.1. The Hall–Kier alpha value is -2.42. The molecule has 110 valence electrons. The van der Waals surface area contributed by atoms with Gasteiger partial charge in [0.15, 0.2) is 11.2 Å². The minimum atomic E-state index is -0.535. The molecule has 10 nitrogen and oxygen atoms in total. The smallest absolute Gasteiger partial charge is 0.245 e. The predicted molar refractivity (Wildman–Crippen MR) is 70.4 cm³/mol. The SMILES string of the molecule is COc1ncnc2c1ncn2[C@@H]1CC(N=[N+]=[N-])[C@H](CO)O1. The molecule has 21 heavy (non-hydrogen) atoms. The fourth-order valence-corrected chi connectivity index (χ4v) is 2.43. The molecule has 1 N–H and O–H groups in total. The minimum absolute atomic E-state index is 0.217. The second kappa shape index (κ2) is 5.52. The van der Waals surface area contributed by atoms with E-state index < -0.39 is 18.4 Å². The van der Waals surface area contributed by atoms with Crippen LogP contribution < -0.4 is 4.74 Å². The third-order valence-corrected chi connectivity index (χ3v) is 3.41. The molecule has 0 radical (unpaired) electrons. The van der Waals surface area contributed by atoms with Crippen LogP contribution in [0.1, 0.15) is 12.6 Å². The van der Waals surface area contributed by atoms with Gasteiger partial charge in [-0.3, -0.25) is 4.57 Å². The molecule has 0 saturated carbocycles. The maximum Gasteiger partial charge on any atom is 0.245 e. The molecule has 1 aliphatic rings. The van der Waals surface area contributed by atoms with Crippen LogP contribution in [0.5, 0.6) is 5.88 Å². The number of azide groups is 1. The van der Waals surface area contributed by atoms with Crippen molar-refractivity contribution < 1.29 is 14.6 Å². The Morgan fingerprint density at radius 2 is 2.43 bits per heavy atom. The first-order valence-corrected chi connectivity index (χ1v) is 6.30. The maximum atomic E-state index is 9.30. The van der Waals surface area contributed by atoms with Crippen LogP contribution in [0, 0.1) is 0 Å². The van der Waals surface area contributed by atoms with Crippen molar-refractivity contribution in [1.82, 2.24) is 19.5 Å². The van der Waals surface area contributed by atoms with Crippen molar-refractivity contribution in [3.8, 4) is 5.88 Å². The summed E-state index contributed by atoms with van der Waals surface area (Å²) in [6.07, 6.45) is 2.43. The van der Waals surface area contributed by atoms with Crippen LogP contribution >= 0.6 is 0 Å². The third-order valence-electron chi connectivity index (χ3n) is 3.41. The molecule has 1 aliphatic heterocycles. The highest BCUT2D eigenvalue weighted by molar-refractivity contribution is 5.75. The van der Waals surface area contributed by atoms with Gasteiger partial charge in [-0.15, -0.1) is 0 Å². The van der Waals surface area contributed by atoms with E-state index in [1.165, 1.54) is 13.4 Å². The van der Waals surface area contributed by atoms with Crippen LogP contribution in [0.2, 0.25) is 0 Å². The number of methoxy groups -OCH3 is 1. The van der Waals surface area contributed by atoms with Crippen LogP contribution in [0.15, 0.2) is 17.8 Å². The number of hydrogen-bond acceptors (Lipinski definition) is 7. The summed E-state index contributed by atoms with van der Waals surface area (Å²) in [6, 6.07) is -0.425. The molecular weight excluding hydrogens is 278 g/mol. The predicted octanol–water partition coefficient (Wildman–Crippen LogP) is 0.794. The van der Waals surface area contributed by atoms with Crippen molar-refractivity contribution in [2.75, 3.05) is 13.7 Å². The Morgan fingerprint density at radius 3 is 3.14 bits per heavy atom. The van der Waals surface area contributed by atoms with Gasteiger partial charge in [0.25, 0.3) is 0 Å². The Bertz CT molecular complexity index is 696. The van der Waals surface area contributed by atoms with Crippen molar-refractivity contribution in [3.05, 3.63) is 23.1 Å². The first kappa shape index (κ1) is 13.6. The van der Waals surface area contributed by atoms with Gasteiger partial charge in [0, 0.05) is 11.3 Å². The molecule has 0 aliphatic carbocycles. The Morgan fingerprint density at radius 1 is 1.57 bits per heavy atom. The van der Waals surface area contributed by atoms with Crippen molar-refractivity contribution in [2.24, 2.45) is 5.11 Å². The molecule has 1 fully saturated rings. The number of rotatable bonds is 4. The first-order valence-electron chi connectivity index (χ1n) is 6.30. The highest BCUT2D eigenvalue weighted by Crippen LogP contribution is 2.33. The Kier molecular flexibility index (Phi) is 3.57. The summed E-state index contributed by atoms with van der Waals surface area (Å²) in [6.45, 7) is -0.217. The Balaban J connectivity index is 1.96. The minimum Gasteiger partial charge on any atom is -0.479 e. The monoisotopic (exact) mass is 291 g/mol. The van der Waals surface area contributed by atoms with Crippen molar-refractivity contribution in [2.45, 2.75) is 24.8 Å². The number of hydrogen-bond donors (Lipinski definition) is 1. The normalized spacial score (nSPS) is 25.0. The van der Waals surface area contributed by atoms with Gasteiger partial charge in [-0.2, -0.15) is 4.98 Å². The van der Waals surface area contributed by atoms with Crippen LogP contribution in [0.25, 0.3) is 21.6 Å². The lowest BCUT2D eigenvalue weighted by Gasteiger charge is -2.13. The van der Waals surface area contributed by atoms with Gasteiger partial charge in [-0.1, -0.05) is 5.11 Å². The van der Waals surface area contributed by atoms with Gasteiger partial charge in [0.1, 0.15) is 12.6 Å². The molecule has 2 aromatic heterocycles. The molecule has 0 bridgehead atoms. The summed E-state index contributed by atoms with van der Waals surface area (Å²) in [5.74, 6) is 0.377.